The molecule has 0 aliphatic heterocycles. The molecule has 2 aromatic rings. The average molecular weight is 484 g/mol. The third-order valence-corrected chi connectivity index (χ3v) is 2.91. The number of hydrogen-bond donors (Lipinski definition) is 4. The minimum Gasteiger partial charge on any atom is -0.504 e. The normalized spacial score (nSPS) is 9.93. The van der Waals surface area contributed by atoms with Crippen LogP contribution in [0, 0.1) is 46.5 Å². The Morgan fingerprint density at radius 2 is 0.690 bits per heavy atom. The van der Waals surface area contributed by atoms with Crippen molar-refractivity contribution in [1.82, 2.24) is 0 Å². The molecule has 0 heterocycles. The molecule has 0 saturated carbocycles. The molecular weight excluding hydrogens is 480 g/mol. The topological polar surface area (TPSA) is 115 Å². The summed E-state index contributed by atoms with van der Waals surface area (Å²) in [7, 11) is 0. The van der Waals surface area contributed by atoms with E-state index in [1.165, 1.54) is 0 Å². The number of rotatable bonds is 2. The summed E-state index contributed by atoms with van der Waals surface area (Å²) < 4.78 is 99.8. The van der Waals surface area contributed by atoms with Gasteiger partial charge >= 0.3 is 11.9 Å². The second-order valence-corrected chi connectivity index (χ2v) is 4.57. The maximum absolute atomic E-state index is 12.6. The molecule has 15 heteroatoms. The van der Waals surface area contributed by atoms with E-state index in [-0.39, 0.29) is 17.1 Å². The average Bonchev–Trinajstić information content (AvgIpc) is 2.61. The summed E-state index contributed by atoms with van der Waals surface area (Å²) in [5, 5.41) is 33.8. The second-order valence-electron chi connectivity index (χ2n) is 4.57. The van der Waals surface area contributed by atoms with Crippen LogP contribution in [0.1, 0.15) is 20.7 Å². The van der Waals surface area contributed by atoms with E-state index in [4.69, 9.17) is 20.4 Å². The molecule has 0 aliphatic rings. The van der Waals surface area contributed by atoms with Crippen LogP contribution in [0.5, 0.6) is 11.5 Å². The summed E-state index contributed by atoms with van der Waals surface area (Å²) >= 11 is 0. The van der Waals surface area contributed by atoms with Crippen molar-refractivity contribution < 1.29 is 82.2 Å². The number of carbonyl (C=O) groups is 2. The molecule has 0 amide bonds. The first-order valence-corrected chi connectivity index (χ1v) is 6.31. The van der Waals surface area contributed by atoms with E-state index in [0.717, 1.165) is 0 Å². The van der Waals surface area contributed by atoms with Gasteiger partial charge in [0.25, 0.3) is 0 Å². The van der Waals surface area contributed by atoms with Crippen LogP contribution in [-0.4, -0.2) is 32.4 Å². The van der Waals surface area contributed by atoms with E-state index in [2.05, 4.69) is 0 Å². The number of carboxylic acids is 2. The van der Waals surface area contributed by atoms with E-state index in [9.17, 15) is 44.7 Å². The van der Waals surface area contributed by atoms with E-state index >= 15 is 0 Å². The zero-order valence-electron chi connectivity index (χ0n) is 12.9. The van der Waals surface area contributed by atoms with Gasteiger partial charge in [0.1, 0.15) is 11.1 Å². The fraction of sp³-hybridized carbons (Fsp3) is 0. The Morgan fingerprint density at radius 3 is 0.897 bits per heavy atom. The monoisotopic (exact) mass is 483 g/mol. The maximum Gasteiger partial charge on any atom is 0.342 e. The molecule has 0 bridgehead atoms. The van der Waals surface area contributed by atoms with Crippen molar-refractivity contribution in [3.05, 3.63) is 57.7 Å². The fourth-order valence-electron chi connectivity index (χ4n) is 1.63. The van der Waals surface area contributed by atoms with Crippen molar-refractivity contribution in [1.29, 1.82) is 0 Å². The molecule has 4 N–H and O–H groups in total. The van der Waals surface area contributed by atoms with E-state index in [0.29, 0.717) is 0 Å². The van der Waals surface area contributed by atoms with Crippen molar-refractivity contribution in [2.24, 2.45) is 0 Å². The molecule has 2 aromatic carbocycles. The smallest absolute Gasteiger partial charge is 0.342 e. The van der Waals surface area contributed by atoms with Gasteiger partial charge in [-0.25, -0.2) is 35.9 Å². The number of halogens is 8. The van der Waals surface area contributed by atoms with Crippen molar-refractivity contribution in [2.45, 2.75) is 0 Å². The Kier molecular flexibility index (Phi) is 8.43. The number of aromatic hydroxyl groups is 2. The molecule has 2 rings (SSSR count). The summed E-state index contributed by atoms with van der Waals surface area (Å²) in [5.41, 5.74) is -3.28. The summed E-state index contributed by atoms with van der Waals surface area (Å²) in [4.78, 5) is 20.4. The van der Waals surface area contributed by atoms with Crippen LogP contribution in [0.4, 0.5) is 35.1 Å². The number of aromatic carboxylic acids is 2. The summed E-state index contributed by atoms with van der Waals surface area (Å²) in [6.45, 7) is 0. The third kappa shape index (κ3) is 4.68. The van der Waals surface area contributed by atoms with Crippen molar-refractivity contribution in [3.63, 3.8) is 0 Å². The molecule has 0 aromatic heterocycles. The van der Waals surface area contributed by atoms with Crippen LogP contribution in [0.3, 0.4) is 0 Å². The van der Waals surface area contributed by atoms with Crippen molar-refractivity contribution in [2.75, 3.05) is 0 Å². The first-order chi connectivity index (χ1) is 12.7. The fourth-order valence-corrected chi connectivity index (χ4v) is 1.63. The molecule has 163 valence electrons. The SMILES string of the molecule is O=C(O)c1c(O)c(F)c(F)c(F)c1F.O=C(O)c1c(O)c(F)c(F)c(F)c1F.[Cu]. The van der Waals surface area contributed by atoms with Gasteiger partial charge in [0.05, 0.1) is 0 Å². The number of hydrogen-bond acceptors (Lipinski definition) is 4. The van der Waals surface area contributed by atoms with Crippen LogP contribution in [0.2, 0.25) is 0 Å². The Hall–Kier alpha value is -3.06. The molecule has 0 fully saturated rings. The van der Waals surface area contributed by atoms with Gasteiger partial charge in [-0.3, -0.25) is 0 Å². The molecule has 0 unspecified atom stereocenters. The van der Waals surface area contributed by atoms with Crippen LogP contribution in [0.15, 0.2) is 0 Å². The first-order valence-electron chi connectivity index (χ1n) is 6.31. The van der Waals surface area contributed by atoms with E-state index in [1.54, 1.807) is 0 Å². The molecule has 0 atom stereocenters. The van der Waals surface area contributed by atoms with Gasteiger partial charge in [0.15, 0.2) is 34.8 Å². The molecule has 0 spiro atoms. The minimum atomic E-state index is -2.28. The summed E-state index contributed by atoms with van der Waals surface area (Å²) in [6, 6.07) is 0. The zero-order chi connectivity index (χ0) is 22.1. The van der Waals surface area contributed by atoms with Crippen LogP contribution in [-0.2, 0) is 17.1 Å². The second kappa shape index (κ2) is 9.43. The van der Waals surface area contributed by atoms with E-state index < -0.39 is 81.1 Å². The number of carboxylic acid groups (broad SMARTS) is 2. The molecule has 0 aliphatic carbocycles. The van der Waals surface area contributed by atoms with Crippen LogP contribution >= 0.6 is 0 Å². The predicted molar refractivity (Wildman–Crippen MR) is 69.8 cm³/mol. The number of phenols is 2. The Bertz CT molecular complexity index is 860. The van der Waals surface area contributed by atoms with Crippen LogP contribution in [0.25, 0.3) is 0 Å². The van der Waals surface area contributed by atoms with Gasteiger partial charge in [0.2, 0.25) is 23.3 Å². The van der Waals surface area contributed by atoms with Crippen molar-refractivity contribution in [3.8, 4) is 11.5 Å². The largest absolute Gasteiger partial charge is 0.504 e. The zero-order valence-corrected chi connectivity index (χ0v) is 13.9. The number of benzene rings is 2. The standard InChI is InChI=1S/2C7H2F4O3.Cu/c2*8-2-1(7(13)14)6(12)5(11)4(10)3(2)9;/h2*12H,(H,13,14);. The van der Waals surface area contributed by atoms with E-state index in [1.807, 2.05) is 0 Å². The molecule has 29 heavy (non-hydrogen) atoms. The quantitative estimate of drug-likeness (QED) is 0.226. The minimum absolute atomic E-state index is 0. The summed E-state index contributed by atoms with van der Waals surface area (Å²) in [5.74, 6) is -25.4. The Labute approximate surface area is 164 Å². The summed E-state index contributed by atoms with van der Waals surface area (Å²) in [6.07, 6.45) is 0. The molecular formula is C14H4CuF8O6. The van der Waals surface area contributed by atoms with Gasteiger partial charge in [-0.1, -0.05) is 0 Å². The van der Waals surface area contributed by atoms with Gasteiger partial charge < -0.3 is 20.4 Å². The van der Waals surface area contributed by atoms with Gasteiger partial charge in [0, 0.05) is 17.1 Å². The van der Waals surface area contributed by atoms with Gasteiger partial charge in [-0.15, -0.1) is 0 Å². The van der Waals surface area contributed by atoms with Crippen molar-refractivity contribution >= 4 is 11.9 Å². The molecule has 0 saturated heterocycles. The molecule has 6 nitrogen and oxygen atoms in total. The maximum atomic E-state index is 12.6. The Morgan fingerprint density at radius 1 is 0.483 bits per heavy atom. The predicted octanol–water partition coefficient (Wildman–Crippen LogP) is 3.29. The third-order valence-electron chi connectivity index (χ3n) is 2.91. The van der Waals surface area contributed by atoms with Gasteiger partial charge in [-0.2, -0.15) is 8.78 Å². The van der Waals surface area contributed by atoms with Gasteiger partial charge in [-0.05, 0) is 0 Å². The molecule has 1 radical (unpaired) electrons. The Balaban J connectivity index is 0.000000523. The van der Waals surface area contributed by atoms with Crippen LogP contribution < -0.4 is 0 Å². The first kappa shape index (κ1) is 25.9.